The van der Waals surface area contributed by atoms with Gasteiger partial charge in [-0.2, -0.15) is 0 Å². The van der Waals surface area contributed by atoms with Crippen molar-refractivity contribution in [2.75, 3.05) is 37.0 Å². The summed E-state index contributed by atoms with van der Waals surface area (Å²) in [4.78, 5) is 17.0. The summed E-state index contributed by atoms with van der Waals surface area (Å²) in [6.07, 6.45) is 5.43. The lowest BCUT2D eigenvalue weighted by atomic mass is 9.81. The van der Waals surface area contributed by atoms with E-state index in [1.54, 1.807) is 18.0 Å². The van der Waals surface area contributed by atoms with Crippen LogP contribution in [0.15, 0.2) is 59.9 Å². The first-order valence-corrected chi connectivity index (χ1v) is 10.2. The Bertz CT molecular complexity index is 977. The first-order valence-electron chi connectivity index (χ1n) is 9.26. The Balaban J connectivity index is 1.49. The van der Waals surface area contributed by atoms with Crippen molar-refractivity contribution < 1.29 is 9.84 Å². The number of thioether (sulfide) groups is 1. The van der Waals surface area contributed by atoms with Gasteiger partial charge in [0.15, 0.2) is 0 Å². The van der Waals surface area contributed by atoms with E-state index in [9.17, 15) is 0 Å². The van der Waals surface area contributed by atoms with Gasteiger partial charge in [-0.25, -0.2) is 9.97 Å². The van der Waals surface area contributed by atoms with Crippen molar-refractivity contribution in [3.8, 4) is 11.3 Å². The molecule has 28 heavy (non-hydrogen) atoms. The third kappa shape index (κ3) is 2.96. The van der Waals surface area contributed by atoms with Crippen molar-refractivity contribution in [2.24, 2.45) is 0 Å². The zero-order valence-corrected chi connectivity index (χ0v) is 16.1. The number of pyridine rings is 1. The number of aliphatic hydroxyl groups excluding tert-OH is 1. The summed E-state index contributed by atoms with van der Waals surface area (Å²) in [6.45, 7) is 2.44. The standard InChI is InChI=1S/C21H20N4O2S/c26-7-8-28-16-4-5-17-19(9-16)25(12-21(17)13-27-14-21)20-23-10-15(11-24-20)18-3-1-2-6-22-18/h1-6,9-11,26H,7-8,12-14H2. The van der Waals surface area contributed by atoms with E-state index in [4.69, 9.17) is 9.84 Å². The number of ether oxygens (including phenoxy) is 1. The van der Waals surface area contributed by atoms with Crippen LogP contribution in [0.2, 0.25) is 0 Å². The third-order valence-corrected chi connectivity index (χ3v) is 6.22. The number of benzene rings is 1. The molecule has 0 atom stereocenters. The maximum absolute atomic E-state index is 9.13. The highest BCUT2D eigenvalue weighted by Crippen LogP contribution is 2.48. The van der Waals surface area contributed by atoms with Crippen molar-refractivity contribution in [3.05, 3.63) is 60.6 Å². The molecule has 2 aliphatic heterocycles. The van der Waals surface area contributed by atoms with Crippen LogP contribution >= 0.6 is 11.8 Å². The molecule has 2 aliphatic rings. The molecule has 1 aromatic carbocycles. The highest BCUT2D eigenvalue weighted by Gasteiger charge is 2.49. The zero-order valence-electron chi connectivity index (χ0n) is 15.3. The number of anilines is 2. The number of rotatable bonds is 5. The van der Waals surface area contributed by atoms with Gasteiger partial charge >= 0.3 is 0 Å². The molecule has 1 saturated heterocycles. The lowest BCUT2D eigenvalue weighted by Crippen LogP contribution is -2.49. The molecule has 0 amide bonds. The largest absolute Gasteiger partial charge is 0.396 e. The van der Waals surface area contributed by atoms with Crippen LogP contribution in [-0.2, 0) is 10.2 Å². The van der Waals surface area contributed by atoms with Gasteiger partial charge in [-0.3, -0.25) is 4.98 Å². The summed E-state index contributed by atoms with van der Waals surface area (Å²) in [5.74, 6) is 1.37. The lowest BCUT2D eigenvalue weighted by molar-refractivity contribution is -0.0507. The third-order valence-electron chi connectivity index (χ3n) is 5.25. The topological polar surface area (TPSA) is 71.4 Å². The maximum atomic E-state index is 9.13. The van der Waals surface area contributed by atoms with Crippen LogP contribution in [0.5, 0.6) is 0 Å². The fraction of sp³-hybridized carbons (Fsp3) is 0.286. The Morgan fingerprint density at radius 2 is 1.96 bits per heavy atom. The molecule has 1 N–H and O–H groups in total. The minimum atomic E-state index is 0.0263. The zero-order chi connectivity index (χ0) is 19.0. The monoisotopic (exact) mass is 392 g/mol. The fourth-order valence-electron chi connectivity index (χ4n) is 3.81. The molecule has 0 unspecified atom stereocenters. The van der Waals surface area contributed by atoms with Crippen LogP contribution in [0, 0.1) is 0 Å². The van der Waals surface area contributed by atoms with E-state index in [0.29, 0.717) is 11.7 Å². The molecule has 1 fully saturated rings. The highest BCUT2D eigenvalue weighted by atomic mass is 32.2. The van der Waals surface area contributed by atoms with Crippen LogP contribution in [-0.4, -0.2) is 52.2 Å². The van der Waals surface area contributed by atoms with Crippen molar-refractivity contribution in [2.45, 2.75) is 10.3 Å². The quantitative estimate of drug-likeness (QED) is 0.669. The summed E-state index contributed by atoms with van der Waals surface area (Å²) in [5.41, 5.74) is 4.22. The summed E-state index contributed by atoms with van der Waals surface area (Å²) >= 11 is 1.65. The second-order valence-corrected chi connectivity index (χ2v) is 8.27. The maximum Gasteiger partial charge on any atom is 0.229 e. The first kappa shape index (κ1) is 17.6. The molecule has 1 spiro atoms. The Kier molecular flexibility index (Phi) is 4.50. The molecule has 6 nitrogen and oxygen atoms in total. The predicted octanol–water partition coefficient (Wildman–Crippen LogP) is 3.04. The van der Waals surface area contributed by atoms with Crippen LogP contribution in [0.3, 0.4) is 0 Å². The lowest BCUT2D eigenvalue weighted by Gasteiger charge is -2.38. The normalized spacial score (nSPS) is 16.8. The minimum absolute atomic E-state index is 0.0263. The number of aromatic nitrogens is 3. The summed E-state index contributed by atoms with van der Waals surface area (Å²) in [5, 5.41) is 9.13. The van der Waals surface area contributed by atoms with Crippen LogP contribution in [0.25, 0.3) is 11.3 Å². The predicted molar refractivity (Wildman–Crippen MR) is 109 cm³/mol. The van der Waals surface area contributed by atoms with Crippen molar-refractivity contribution >= 4 is 23.4 Å². The molecular formula is C21H20N4O2S. The SMILES string of the molecule is OCCSc1ccc2c(c1)N(c1ncc(-c3ccccn3)cn1)CC21COC1. The van der Waals surface area contributed by atoms with Gasteiger partial charge in [-0.1, -0.05) is 12.1 Å². The van der Waals surface area contributed by atoms with E-state index >= 15 is 0 Å². The van der Waals surface area contributed by atoms with Crippen molar-refractivity contribution in [1.29, 1.82) is 0 Å². The van der Waals surface area contributed by atoms with Gasteiger partial charge in [0, 0.05) is 47.0 Å². The molecule has 5 rings (SSSR count). The van der Waals surface area contributed by atoms with Crippen LogP contribution in [0.4, 0.5) is 11.6 Å². The second kappa shape index (κ2) is 7.16. The molecular weight excluding hydrogens is 372 g/mol. The molecule has 0 bridgehead atoms. The number of hydrogen-bond donors (Lipinski definition) is 1. The van der Waals surface area contributed by atoms with Crippen molar-refractivity contribution in [3.63, 3.8) is 0 Å². The Morgan fingerprint density at radius 1 is 1.11 bits per heavy atom. The molecule has 7 heteroatoms. The number of fused-ring (bicyclic) bond motifs is 2. The Morgan fingerprint density at radius 3 is 2.64 bits per heavy atom. The average molecular weight is 392 g/mol. The number of hydrogen-bond acceptors (Lipinski definition) is 7. The van der Waals surface area contributed by atoms with E-state index in [0.717, 1.165) is 41.6 Å². The van der Waals surface area contributed by atoms with Gasteiger partial charge in [-0.15, -0.1) is 11.8 Å². The van der Waals surface area contributed by atoms with Gasteiger partial charge in [0.05, 0.1) is 30.9 Å². The highest BCUT2D eigenvalue weighted by molar-refractivity contribution is 7.99. The summed E-state index contributed by atoms with van der Waals surface area (Å²) in [6, 6.07) is 12.3. The Hall–Kier alpha value is -2.48. The number of nitrogens with zero attached hydrogens (tertiary/aromatic N) is 4. The first-order chi connectivity index (χ1) is 13.8. The van der Waals surface area contributed by atoms with Gasteiger partial charge in [0.2, 0.25) is 5.95 Å². The molecule has 4 heterocycles. The van der Waals surface area contributed by atoms with Crippen LogP contribution in [0.1, 0.15) is 5.56 Å². The smallest absolute Gasteiger partial charge is 0.229 e. The second-order valence-electron chi connectivity index (χ2n) is 7.10. The van der Waals surface area contributed by atoms with E-state index in [1.165, 1.54) is 5.56 Å². The summed E-state index contributed by atoms with van der Waals surface area (Å²) in [7, 11) is 0. The van der Waals surface area contributed by atoms with E-state index in [2.05, 4.69) is 38.1 Å². The molecule has 0 radical (unpaired) electrons. The number of aliphatic hydroxyl groups is 1. The molecule has 3 aromatic rings. The van der Waals surface area contributed by atoms with Gasteiger partial charge in [0.25, 0.3) is 0 Å². The van der Waals surface area contributed by atoms with Crippen LogP contribution < -0.4 is 4.90 Å². The Labute approximate surface area is 167 Å². The fourth-order valence-corrected chi connectivity index (χ4v) is 4.50. The average Bonchev–Trinajstić information content (AvgIpc) is 3.08. The molecule has 2 aromatic heterocycles. The van der Waals surface area contributed by atoms with Gasteiger partial charge in [0.1, 0.15) is 0 Å². The van der Waals surface area contributed by atoms with E-state index in [-0.39, 0.29) is 12.0 Å². The molecule has 0 saturated carbocycles. The van der Waals surface area contributed by atoms with Crippen molar-refractivity contribution in [1.82, 2.24) is 15.0 Å². The minimum Gasteiger partial charge on any atom is -0.396 e. The molecule has 0 aliphatic carbocycles. The van der Waals surface area contributed by atoms with E-state index in [1.807, 2.05) is 30.6 Å². The van der Waals surface area contributed by atoms with E-state index < -0.39 is 0 Å². The van der Waals surface area contributed by atoms with Gasteiger partial charge < -0.3 is 14.7 Å². The molecule has 142 valence electrons. The summed E-state index contributed by atoms with van der Waals surface area (Å²) < 4.78 is 5.56. The van der Waals surface area contributed by atoms with Gasteiger partial charge in [-0.05, 0) is 29.8 Å².